The van der Waals surface area contributed by atoms with Gasteiger partial charge >= 0.3 is 0 Å². The molecular weight excluding hydrogens is 414 g/mol. The summed E-state index contributed by atoms with van der Waals surface area (Å²) in [5, 5.41) is 4.65. The fourth-order valence-corrected chi connectivity index (χ4v) is 4.78. The zero-order chi connectivity index (χ0) is 14.4. The van der Waals surface area contributed by atoms with Gasteiger partial charge in [0.1, 0.15) is 10.7 Å². The van der Waals surface area contributed by atoms with E-state index in [-0.39, 0.29) is 0 Å². The van der Waals surface area contributed by atoms with Gasteiger partial charge in [-0.3, -0.25) is 4.98 Å². The predicted octanol–water partition coefficient (Wildman–Crippen LogP) is 4.86. The van der Waals surface area contributed by atoms with E-state index in [0.717, 1.165) is 32.2 Å². The fraction of sp³-hybridized carbons (Fsp3) is 0.467. The van der Waals surface area contributed by atoms with Crippen LogP contribution in [-0.2, 0) is 6.54 Å². The van der Waals surface area contributed by atoms with Crippen molar-refractivity contribution in [2.24, 2.45) is 0 Å². The van der Waals surface area contributed by atoms with E-state index in [9.17, 15) is 0 Å². The number of rotatable bonds is 5. The molecule has 0 bridgehead atoms. The van der Waals surface area contributed by atoms with Gasteiger partial charge in [-0.15, -0.1) is 11.3 Å². The molecule has 0 spiro atoms. The summed E-state index contributed by atoms with van der Waals surface area (Å²) in [7, 11) is 0. The van der Waals surface area contributed by atoms with E-state index < -0.39 is 0 Å². The average molecular weight is 429 g/mol. The number of hydrogen-bond donors (Lipinski definition) is 1. The third-order valence-corrected chi connectivity index (χ3v) is 5.95. The summed E-state index contributed by atoms with van der Waals surface area (Å²) in [6.45, 7) is 0.961. The summed E-state index contributed by atoms with van der Waals surface area (Å²) in [4.78, 5) is 10.8. The summed E-state index contributed by atoms with van der Waals surface area (Å²) in [5.74, 6) is 0.681. The minimum atomic E-state index is 0.681. The maximum Gasteiger partial charge on any atom is 0.143 e. The highest BCUT2D eigenvalue weighted by Crippen LogP contribution is 2.45. The molecule has 0 amide bonds. The first-order chi connectivity index (χ1) is 10.2. The van der Waals surface area contributed by atoms with Crippen molar-refractivity contribution in [3.63, 3.8) is 0 Å². The van der Waals surface area contributed by atoms with E-state index in [0.29, 0.717) is 5.92 Å². The third kappa shape index (κ3) is 3.23. The number of nitrogens with one attached hydrogen (secondary N) is 1. The van der Waals surface area contributed by atoms with Crippen LogP contribution in [0.5, 0.6) is 0 Å². The van der Waals surface area contributed by atoms with E-state index in [2.05, 4.69) is 42.2 Å². The molecule has 1 N–H and O–H groups in total. The van der Waals surface area contributed by atoms with Crippen molar-refractivity contribution in [3.8, 4) is 10.7 Å². The number of halogens is 2. The van der Waals surface area contributed by atoms with Crippen molar-refractivity contribution < 1.29 is 0 Å². The van der Waals surface area contributed by atoms with Crippen LogP contribution in [-0.4, -0.2) is 16.0 Å². The lowest BCUT2D eigenvalue weighted by atomic mass is 10.2. The number of hydrogen-bond acceptors (Lipinski definition) is 4. The average Bonchev–Trinajstić information content (AvgIpc) is 3.36. The van der Waals surface area contributed by atoms with Gasteiger partial charge in [0.2, 0.25) is 0 Å². The van der Waals surface area contributed by atoms with Gasteiger partial charge in [0.15, 0.2) is 0 Å². The van der Waals surface area contributed by atoms with Gasteiger partial charge in [-0.2, -0.15) is 0 Å². The van der Waals surface area contributed by atoms with Gasteiger partial charge in [-0.05, 0) is 63.6 Å². The highest BCUT2D eigenvalue weighted by Gasteiger charge is 2.31. The quantitative estimate of drug-likeness (QED) is 0.738. The van der Waals surface area contributed by atoms with Crippen molar-refractivity contribution >= 4 is 43.2 Å². The van der Waals surface area contributed by atoms with E-state index in [4.69, 9.17) is 4.98 Å². The molecule has 3 nitrogen and oxygen atoms in total. The Morgan fingerprint density at radius 2 is 2.05 bits per heavy atom. The highest BCUT2D eigenvalue weighted by atomic mass is 79.9. The Balaban J connectivity index is 1.66. The Morgan fingerprint density at radius 3 is 2.71 bits per heavy atom. The molecule has 2 heterocycles. The number of aromatic nitrogens is 2. The zero-order valence-corrected chi connectivity index (χ0v) is 15.4. The molecule has 2 aromatic heterocycles. The second kappa shape index (κ2) is 5.72. The van der Waals surface area contributed by atoms with Gasteiger partial charge in [0.05, 0.1) is 5.69 Å². The molecule has 2 fully saturated rings. The SMILES string of the molecule is Brc1cnc(-c2nc(C3CC3)c(CNC3CC3)s2)c(Br)c1. The Bertz CT molecular complexity index is 678. The zero-order valence-electron chi connectivity index (χ0n) is 11.4. The van der Waals surface area contributed by atoms with Crippen molar-refractivity contribution in [3.05, 3.63) is 31.8 Å². The molecule has 0 atom stereocenters. The van der Waals surface area contributed by atoms with Gasteiger partial charge in [0, 0.05) is 38.5 Å². The third-order valence-electron chi connectivity index (χ3n) is 3.83. The molecule has 0 unspecified atom stereocenters. The van der Waals surface area contributed by atoms with Crippen LogP contribution in [0.25, 0.3) is 10.7 Å². The largest absolute Gasteiger partial charge is 0.309 e. The highest BCUT2D eigenvalue weighted by molar-refractivity contribution is 9.11. The van der Waals surface area contributed by atoms with Crippen molar-refractivity contribution in [1.29, 1.82) is 0 Å². The molecule has 0 aliphatic heterocycles. The van der Waals surface area contributed by atoms with Crippen LogP contribution in [0.15, 0.2) is 21.2 Å². The number of thiazole rings is 1. The van der Waals surface area contributed by atoms with Crippen molar-refractivity contribution in [2.75, 3.05) is 0 Å². The Kier molecular flexibility index (Phi) is 3.90. The van der Waals surface area contributed by atoms with Crippen LogP contribution in [0.1, 0.15) is 42.2 Å². The van der Waals surface area contributed by atoms with E-state index in [1.807, 2.05) is 12.3 Å². The van der Waals surface area contributed by atoms with Crippen LogP contribution in [0.3, 0.4) is 0 Å². The first-order valence-electron chi connectivity index (χ1n) is 7.25. The van der Waals surface area contributed by atoms with Gasteiger partial charge in [-0.25, -0.2) is 4.98 Å². The fourth-order valence-electron chi connectivity index (χ4n) is 2.36. The summed E-state index contributed by atoms with van der Waals surface area (Å²) in [6.07, 6.45) is 7.05. The van der Waals surface area contributed by atoms with Crippen molar-refractivity contribution in [1.82, 2.24) is 15.3 Å². The predicted molar refractivity (Wildman–Crippen MR) is 92.6 cm³/mol. The van der Waals surface area contributed by atoms with Crippen LogP contribution < -0.4 is 5.32 Å². The molecule has 4 rings (SSSR count). The molecule has 21 heavy (non-hydrogen) atoms. The maximum absolute atomic E-state index is 4.90. The molecule has 2 aliphatic carbocycles. The molecular formula is C15H15Br2N3S. The second-order valence-corrected chi connectivity index (χ2v) is 8.59. The summed E-state index contributed by atoms with van der Waals surface area (Å²) < 4.78 is 1.97. The lowest BCUT2D eigenvalue weighted by Gasteiger charge is -2.01. The smallest absolute Gasteiger partial charge is 0.143 e. The molecule has 2 saturated carbocycles. The topological polar surface area (TPSA) is 37.8 Å². The van der Waals surface area contributed by atoms with Crippen LogP contribution in [0, 0.1) is 0 Å². The first-order valence-corrected chi connectivity index (χ1v) is 9.65. The Morgan fingerprint density at radius 1 is 1.24 bits per heavy atom. The van der Waals surface area contributed by atoms with Gasteiger partial charge in [-0.1, -0.05) is 0 Å². The second-order valence-electron chi connectivity index (χ2n) is 5.74. The van der Waals surface area contributed by atoms with E-state index >= 15 is 0 Å². The van der Waals surface area contributed by atoms with Crippen molar-refractivity contribution in [2.45, 2.75) is 44.2 Å². The van der Waals surface area contributed by atoms with Gasteiger partial charge < -0.3 is 5.32 Å². The molecule has 0 radical (unpaired) electrons. The lowest BCUT2D eigenvalue weighted by Crippen LogP contribution is -2.15. The minimum absolute atomic E-state index is 0.681. The molecule has 2 aliphatic rings. The van der Waals surface area contributed by atoms with Gasteiger partial charge in [0.25, 0.3) is 0 Å². The maximum atomic E-state index is 4.90. The Labute approximate surface area is 144 Å². The first kappa shape index (κ1) is 14.3. The van der Waals surface area contributed by atoms with Crippen LogP contribution in [0.4, 0.5) is 0 Å². The normalized spacial score (nSPS) is 18.2. The molecule has 2 aromatic rings. The molecule has 110 valence electrons. The molecule has 0 saturated heterocycles. The van der Waals surface area contributed by atoms with E-state index in [1.54, 1.807) is 11.3 Å². The monoisotopic (exact) mass is 427 g/mol. The molecule has 0 aromatic carbocycles. The summed E-state index contributed by atoms with van der Waals surface area (Å²) in [6, 6.07) is 2.77. The molecule has 6 heteroatoms. The van der Waals surface area contributed by atoms with Crippen LogP contribution in [0.2, 0.25) is 0 Å². The standard InChI is InChI=1S/C15H15Br2N3S/c16-9-5-11(17)14(19-6-9)15-20-13(8-1-2-8)12(21-15)7-18-10-3-4-10/h5-6,8,10,18H,1-4,7H2. The lowest BCUT2D eigenvalue weighted by molar-refractivity contribution is 0.688. The van der Waals surface area contributed by atoms with E-state index in [1.165, 1.54) is 36.3 Å². The summed E-state index contributed by atoms with van der Waals surface area (Å²) in [5.41, 5.74) is 2.25. The summed E-state index contributed by atoms with van der Waals surface area (Å²) >= 11 is 8.84. The number of pyridine rings is 1. The minimum Gasteiger partial charge on any atom is -0.309 e. The number of nitrogens with zero attached hydrogens (tertiary/aromatic N) is 2. The van der Waals surface area contributed by atoms with Crippen LogP contribution >= 0.6 is 43.2 Å². The Hall–Kier alpha value is -0.300.